The molecule has 6 rings (SSSR count). The molecule has 0 amide bonds. The first-order valence-electron chi connectivity index (χ1n) is 9.44. The zero-order valence-electron chi connectivity index (χ0n) is 16.7. The monoisotopic (exact) mass is 608 g/mol. The normalized spacial score (nSPS) is 9.81. The number of benzene rings is 2. The molecular weight excluding hydrogens is 591 g/mol. The summed E-state index contributed by atoms with van der Waals surface area (Å²) in [6.45, 7) is 0. The minimum absolute atomic E-state index is 0. The Labute approximate surface area is 222 Å². The van der Waals surface area contributed by atoms with Crippen LogP contribution < -0.4 is 34.0 Å². The third kappa shape index (κ3) is 5.65. The van der Waals surface area contributed by atoms with Crippen molar-refractivity contribution in [3.8, 4) is 11.4 Å². The summed E-state index contributed by atoms with van der Waals surface area (Å²) in [6, 6.07) is 33.8. The third-order valence-corrected chi connectivity index (χ3v) is 5.01. The van der Waals surface area contributed by atoms with E-state index in [1.54, 1.807) is 0 Å². The number of nitrogens with zero attached hydrogens (tertiary/aromatic N) is 2. The molecule has 0 saturated carbocycles. The van der Waals surface area contributed by atoms with Crippen molar-refractivity contribution in [1.82, 2.24) is 9.13 Å². The maximum atomic E-state index is 2.20. The Bertz CT molecular complexity index is 1140. The summed E-state index contributed by atoms with van der Waals surface area (Å²) in [6.07, 6.45) is 8.25. The Kier molecular flexibility index (Phi) is 9.49. The fourth-order valence-electron chi connectivity index (χ4n) is 3.58. The molecule has 0 spiro atoms. The molecule has 31 heavy (non-hydrogen) atoms. The molecule has 4 aromatic carbocycles. The minimum atomic E-state index is 0. The number of hydrogen-bond donors (Lipinski definition) is 0. The van der Waals surface area contributed by atoms with E-state index in [4.69, 9.17) is 0 Å². The predicted molar refractivity (Wildman–Crippen MR) is 118 cm³/mol. The zero-order valence-corrected chi connectivity index (χ0v) is 22.3. The van der Waals surface area contributed by atoms with Crippen LogP contribution in [0.2, 0.25) is 0 Å². The van der Waals surface area contributed by atoms with E-state index in [-0.39, 0.29) is 60.2 Å². The molecule has 6 aromatic rings. The Morgan fingerprint density at radius 1 is 0.484 bits per heavy atom. The van der Waals surface area contributed by atoms with Crippen LogP contribution in [0.15, 0.2) is 122 Å². The van der Waals surface area contributed by atoms with Gasteiger partial charge in [-0.2, -0.15) is 0 Å². The van der Waals surface area contributed by atoms with Crippen molar-refractivity contribution < 1.29 is 60.2 Å². The van der Waals surface area contributed by atoms with Crippen LogP contribution in [0, 0.1) is 0 Å². The van der Waals surface area contributed by atoms with Crippen LogP contribution in [0.4, 0.5) is 0 Å². The van der Waals surface area contributed by atoms with Gasteiger partial charge in [0.15, 0.2) is 0 Å². The fourth-order valence-corrected chi connectivity index (χ4v) is 3.58. The van der Waals surface area contributed by atoms with Crippen molar-refractivity contribution in [2.24, 2.45) is 0 Å². The van der Waals surface area contributed by atoms with E-state index >= 15 is 0 Å². The summed E-state index contributed by atoms with van der Waals surface area (Å²) in [5, 5.41) is 5.21. The van der Waals surface area contributed by atoms with Crippen molar-refractivity contribution in [2.75, 3.05) is 0 Å². The average Bonchev–Trinajstić information content (AvgIpc) is 3.54. The Balaban J connectivity index is 0.000000201. The first-order valence-corrected chi connectivity index (χ1v) is 9.44. The zero-order chi connectivity index (χ0) is 18.8. The van der Waals surface area contributed by atoms with Gasteiger partial charge in [-0.05, 0) is 35.6 Å². The number of halogens is 2. The fraction of sp³-hybridized carbons (Fsp3) is 0. The largest absolute Gasteiger partial charge is 4.00 e. The standard InChI is InChI=1S/2C13H10N.2BrH.Zr/c2*1-2-6-12-10-13(9-11(12)5-1)14-7-3-4-8-14;;;/h2*1-10H;2*1H;/q2*-1;;;+4/p-2. The molecule has 0 bridgehead atoms. The maximum absolute atomic E-state index is 2.20. The summed E-state index contributed by atoms with van der Waals surface area (Å²) in [5.74, 6) is 0. The van der Waals surface area contributed by atoms with Gasteiger partial charge in [0.1, 0.15) is 0 Å². The van der Waals surface area contributed by atoms with E-state index in [0.29, 0.717) is 0 Å². The first kappa shape index (κ1) is 25.3. The Hall–Kier alpha value is -1.94. The summed E-state index contributed by atoms with van der Waals surface area (Å²) < 4.78 is 4.25. The molecule has 0 aliphatic heterocycles. The van der Waals surface area contributed by atoms with Gasteiger partial charge in [-0.1, -0.05) is 12.1 Å². The molecule has 2 aromatic heterocycles. The third-order valence-electron chi connectivity index (χ3n) is 5.01. The van der Waals surface area contributed by atoms with E-state index in [1.807, 2.05) is 24.3 Å². The van der Waals surface area contributed by atoms with Crippen LogP contribution >= 0.6 is 0 Å². The predicted octanol–water partition coefficient (Wildman–Crippen LogP) is 0.704. The van der Waals surface area contributed by atoms with Gasteiger partial charge in [0.05, 0.1) is 0 Å². The van der Waals surface area contributed by atoms with E-state index in [0.717, 1.165) is 0 Å². The Morgan fingerprint density at radius 3 is 1.19 bits per heavy atom. The second-order valence-corrected chi connectivity index (χ2v) is 6.87. The summed E-state index contributed by atoms with van der Waals surface area (Å²) in [5.41, 5.74) is 2.47. The molecule has 152 valence electrons. The summed E-state index contributed by atoms with van der Waals surface area (Å²) >= 11 is 0. The van der Waals surface area contributed by atoms with Crippen LogP contribution in [0.3, 0.4) is 0 Å². The van der Waals surface area contributed by atoms with Gasteiger partial charge in [0.2, 0.25) is 0 Å². The van der Waals surface area contributed by atoms with Gasteiger partial charge in [0, 0.05) is 24.8 Å². The second-order valence-electron chi connectivity index (χ2n) is 6.87. The van der Waals surface area contributed by atoms with Crippen LogP contribution in [0.25, 0.3) is 32.9 Å². The maximum Gasteiger partial charge on any atom is 4.00 e. The van der Waals surface area contributed by atoms with Crippen LogP contribution in [-0.2, 0) is 26.2 Å². The SMILES string of the molecule is [Br-].[Br-].[Zr+4].c1ccc2[cH-]c(-n3cccc3)cc2c1.c1ccc2[cH-]c(-n3cccc3)cc2c1. The van der Waals surface area contributed by atoms with Gasteiger partial charge in [-0.25, -0.2) is 0 Å². The summed E-state index contributed by atoms with van der Waals surface area (Å²) in [7, 11) is 0. The minimum Gasteiger partial charge on any atom is -1.00 e. The van der Waals surface area contributed by atoms with Crippen LogP contribution in [-0.4, -0.2) is 9.13 Å². The van der Waals surface area contributed by atoms with E-state index in [1.165, 1.54) is 32.9 Å². The first-order chi connectivity index (χ1) is 13.9. The van der Waals surface area contributed by atoms with Crippen LogP contribution in [0.5, 0.6) is 0 Å². The smallest absolute Gasteiger partial charge is 1.00 e. The molecule has 2 heterocycles. The molecule has 0 aliphatic rings. The molecule has 0 N–H and O–H groups in total. The van der Waals surface area contributed by atoms with Gasteiger partial charge >= 0.3 is 26.2 Å². The number of rotatable bonds is 2. The molecule has 0 radical (unpaired) electrons. The van der Waals surface area contributed by atoms with Gasteiger partial charge < -0.3 is 43.1 Å². The van der Waals surface area contributed by atoms with Gasteiger partial charge in [-0.3, -0.25) is 0 Å². The topological polar surface area (TPSA) is 9.86 Å². The van der Waals surface area contributed by atoms with E-state index < -0.39 is 0 Å². The van der Waals surface area contributed by atoms with Crippen LogP contribution in [0.1, 0.15) is 0 Å². The van der Waals surface area contributed by atoms with Gasteiger partial charge in [0.25, 0.3) is 0 Å². The molecule has 0 saturated heterocycles. The molecule has 0 fully saturated rings. The molecular formula is C26H20Br2N2Zr. The van der Waals surface area contributed by atoms with Crippen molar-refractivity contribution in [3.63, 3.8) is 0 Å². The second kappa shape index (κ2) is 11.6. The number of aromatic nitrogens is 2. The van der Waals surface area contributed by atoms with E-state index in [2.05, 4.69) is 107 Å². The summed E-state index contributed by atoms with van der Waals surface area (Å²) in [4.78, 5) is 0. The number of fused-ring (bicyclic) bond motifs is 2. The molecule has 0 aliphatic carbocycles. The van der Waals surface area contributed by atoms with Gasteiger partial charge in [-0.15, -0.1) is 82.2 Å². The molecule has 0 unspecified atom stereocenters. The van der Waals surface area contributed by atoms with Crippen molar-refractivity contribution in [1.29, 1.82) is 0 Å². The average molecular weight is 611 g/mol. The quantitative estimate of drug-likeness (QED) is 0.256. The molecule has 5 heteroatoms. The molecule has 2 nitrogen and oxygen atoms in total. The Morgan fingerprint density at radius 2 is 0.839 bits per heavy atom. The number of hydrogen-bond acceptors (Lipinski definition) is 0. The van der Waals surface area contributed by atoms with Crippen molar-refractivity contribution in [2.45, 2.75) is 0 Å². The molecule has 0 atom stereocenters. The van der Waals surface area contributed by atoms with Crippen molar-refractivity contribution >= 4 is 21.5 Å². The van der Waals surface area contributed by atoms with E-state index in [9.17, 15) is 0 Å². The van der Waals surface area contributed by atoms with Crippen molar-refractivity contribution in [3.05, 3.63) is 122 Å².